The highest BCUT2D eigenvalue weighted by Gasteiger charge is 2.43. The molecule has 6 heteroatoms. The molecule has 2 atom stereocenters. The Labute approximate surface area is 169 Å². The summed E-state index contributed by atoms with van der Waals surface area (Å²) in [5, 5.41) is 22.4. The van der Waals surface area contributed by atoms with Gasteiger partial charge in [0.2, 0.25) is 0 Å². The highest BCUT2D eigenvalue weighted by Crippen LogP contribution is 2.45. The summed E-state index contributed by atoms with van der Waals surface area (Å²) >= 11 is 12.0. The van der Waals surface area contributed by atoms with Gasteiger partial charge in [-0.2, -0.15) is 0 Å². The molecule has 0 amide bonds. The first-order chi connectivity index (χ1) is 12.9. The van der Waals surface area contributed by atoms with Crippen molar-refractivity contribution in [2.45, 2.75) is 37.1 Å². The number of hydrogen-bond donors (Lipinski definition) is 2. The monoisotopic (exact) mass is 407 g/mol. The van der Waals surface area contributed by atoms with E-state index in [9.17, 15) is 10.2 Å². The van der Waals surface area contributed by atoms with Crippen LogP contribution in [-0.4, -0.2) is 40.3 Å². The standard InChI is InChI=1S/C21H23Cl2NO3/c22-15-3-1-14(2-4-15)19(26)13-24-9-7-21(8-10-24)12-18(25)17-11-16(23)5-6-20(17)27-21/h1-6,11,18-19,25-26H,7-10,12-13H2/t18-,19+/m1/s1. The number of hydrogen-bond acceptors (Lipinski definition) is 4. The maximum Gasteiger partial charge on any atom is 0.126 e. The molecule has 1 spiro atoms. The van der Waals surface area contributed by atoms with Crippen molar-refractivity contribution < 1.29 is 14.9 Å². The van der Waals surface area contributed by atoms with Gasteiger partial charge in [-0.15, -0.1) is 0 Å². The van der Waals surface area contributed by atoms with Crippen LogP contribution in [0.5, 0.6) is 5.75 Å². The van der Waals surface area contributed by atoms with Gasteiger partial charge < -0.3 is 19.8 Å². The molecule has 144 valence electrons. The van der Waals surface area contributed by atoms with E-state index in [1.54, 1.807) is 24.3 Å². The molecule has 27 heavy (non-hydrogen) atoms. The van der Waals surface area contributed by atoms with Gasteiger partial charge in [0.05, 0.1) is 12.2 Å². The summed E-state index contributed by atoms with van der Waals surface area (Å²) in [6.07, 6.45) is 1.11. The molecule has 1 saturated heterocycles. The molecule has 0 bridgehead atoms. The molecule has 0 aromatic heterocycles. The Morgan fingerprint density at radius 3 is 2.44 bits per heavy atom. The first kappa shape index (κ1) is 19.0. The van der Waals surface area contributed by atoms with Gasteiger partial charge in [0.25, 0.3) is 0 Å². The maximum atomic E-state index is 10.6. The average Bonchev–Trinajstić information content (AvgIpc) is 2.65. The summed E-state index contributed by atoms with van der Waals surface area (Å²) in [5.74, 6) is 0.729. The van der Waals surface area contributed by atoms with Crippen LogP contribution in [0.3, 0.4) is 0 Å². The Balaban J connectivity index is 1.39. The van der Waals surface area contributed by atoms with Crippen molar-refractivity contribution in [2.24, 2.45) is 0 Å². The zero-order valence-electron chi connectivity index (χ0n) is 14.9. The van der Waals surface area contributed by atoms with Gasteiger partial charge in [0, 0.05) is 41.7 Å². The molecule has 4 rings (SSSR count). The maximum absolute atomic E-state index is 10.6. The second-order valence-corrected chi connectivity index (χ2v) is 8.43. The summed E-state index contributed by atoms with van der Waals surface area (Å²) in [7, 11) is 0. The van der Waals surface area contributed by atoms with E-state index in [0.717, 1.165) is 42.8 Å². The molecular formula is C21H23Cl2NO3. The number of aliphatic hydroxyl groups is 2. The van der Waals surface area contributed by atoms with Crippen LogP contribution in [-0.2, 0) is 0 Å². The van der Waals surface area contributed by atoms with Gasteiger partial charge in [0.1, 0.15) is 11.4 Å². The van der Waals surface area contributed by atoms with E-state index in [1.807, 2.05) is 18.2 Å². The molecule has 0 saturated carbocycles. The first-order valence-electron chi connectivity index (χ1n) is 9.27. The average molecular weight is 408 g/mol. The molecular weight excluding hydrogens is 385 g/mol. The fourth-order valence-electron chi connectivity index (χ4n) is 4.09. The zero-order valence-corrected chi connectivity index (χ0v) is 16.5. The number of piperidine rings is 1. The third-order valence-corrected chi connectivity index (χ3v) is 6.16. The molecule has 0 unspecified atom stereocenters. The second kappa shape index (κ2) is 7.61. The third-order valence-electron chi connectivity index (χ3n) is 5.68. The van der Waals surface area contributed by atoms with E-state index in [1.165, 1.54) is 0 Å². The van der Waals surface area contributed by atoms with Crippen molar-refractivity contribution in [1.29, 1.82) is 0 Å². The molecule has 4 nitrogen and oxygen atoms in total. The molecule has 2 aromatic rings. The summed E-state index contributed by atoms with van der Waals surface area (Å²) in [4.78, 5) is 2.25. The Hall–Kier alpha value is -1.30. The largest absolute Gasteiger partial charge is 0.487 e. The van der Waals surface area contributed by atoms with E-state index < -0.39 is 12.2 Å². The van der Waals surface area contributed by atoms with Crippen molar-refractivity contribution in [3.8, 4) is 5.75 Å². The predicted octanol–water partition coefficient (Wildman–Crippen LogP) is 4.38. The fraction of sp³-hybridized carbons (Fsp3) is 0.429. The number of rotatable bonds is 3. The van der Waals surface area contributed by atoms with Crippen molar-refractivity contribution in [3.63, 3.8) is 0 Å². The topological polar surface area (TPSA) is 52.9 Å². The highest BCUT2D eigenvalue weighted by molar-refractivity contribution is 6.30. The SMILES string of the molecule is O[C@@H]1CC2(CCN(C[C@H](O)c3ccc(Cl)cc3)CC2)Oc2ccc(Cl)cc21. The van der Waals surface area contributed by atoms with Gasteiger partial charge in [-0.1, -0.05) is 35.3 Å². The summed E-state index contributed by atoms with van der Waals surface area (Å²) in [6.45, 7) is 2.22. The number of fused-ring (bicyclic) bond motifs is 1. The van der Waals surface area contributed by atoms with Crippen LogP contribution in [0.4, 0.5) is 0 Å². The molecule has 2 heterocycles. The van der Waals surface area contributed by atoms with Crippen LogP contribution in [0, 0.1) is 0 Å². The van der Waals surface area contributed by atoms with E-state index in [4.69, 9.17) is 27.9 Å². The predicted molar refractivity (Wildman–Crippen MR) is 106 cm³/mol. The van der Waals surface area contributed by atoms with Gasteiger partial charge in [-0.25, -0.2) is 0 Å². The molecule has 0 aliphatic carbocycles. The minimum absolute atomic E-state index is 0.345. The van der Waals surface area contributed by atoms with Crippen LogP contribution in [0.25, 0.3) is 0 Å². The lowest BCUT2D eigenvalue weighted by atomic mass is 9.81. The number of likely N-dealkylation sites (tertiary alicyclic amines) is 1. The minimum Gasteiger partial charge on any atom is -0.487 e. The van der Waals surface area contributed by atoms with E-state index in [0.29, 0.717) is 23.0 Å². The van der Waals surface area contributed by atoms with Gasteiger partial charge in [-0.3, -0.25) is 0 Å². The number of β-amino-alcohol motifs (C(OH)–C–C–N with tert-alkyl or cyclic N) is 1. The zero-order chi connectivity index (χ0) is 19.0. The normalized spacial score (nSPS) is 22.9. The molecule has 1 fully saturated rings. The van der Waals surface area contributed by atoms with Gasteiger partial charge in [0.15, 0.2) is 0 Å². The summed E-state index contributed by atoms with van der Waals surface area (Å²) in [5.41, 5.74) is 1.30. The van der Waals surface area contributed by atoms with Crippen molar-refractivity contribution in [2.75, 3.05) is 19.6 Å². The smallest absolute Gasteiger partial charge is 0.126 e. The summed E-state index contributed by atoms with van der Waals surface area (Å²) < 4.78 is 6.31. The number of ether oxygens (including phenoxy) is 1. The lowest BCUT2D eigenvalue weighted by molar-refractivity contribution is -0.0587. The third kappa shape index (κ3) is 4.10. The lowest BCUT2D eigenvalue weighted by Crippen LogP contribution is -2.51. The number of aliphatic hydroxyl groups excluding tert-OH is 2. The quantitative estimate of drug-likeness (QED) is 0.792. The lowest BCUT2D eigenvalue weighted by Gasteiger charge is -2.46. The van der Waals surface area contributed by atoms with Crippen LogP contribution in [0.15, 0.2) is 42.5 Å². The van der Waals surface area contributed by atoms with Crippen LogP contribution in [0.1, 0.15) is 42.6 Å². The Kier molecular flexibility index (Phi) is 5.36. The number of nitrogens with zero attached hydrogens (tertiary/aromatic N) is 1. The molecule has 0 radical (unpaired) electrons. The van der Waals surface area contributed by atoms with Crippen LogP contribution in [0.2, 0.25) is 10.0 Å². The molecule has 2 aliphatic heterocycles. The Bertz CT molecular complexity index is 804. The van der Waals surface area contributed by atoms with E-state index in [-0.39, 0.29) is 5.60 Å². The summed E-state index contributed by atoms with van der Waals surface area (Å²) in [6, 6.07) is 12.7. The fourth-order valence-corrected chi connectivity index (χ4v) is 4.40. The van der Waals surface area contributed by atoms with E-state index in [2.05, 4.69) is 4.90 Å². The van der Waals surface area contributed by atoms with Crippen molar-refractivity contribution >= 4 is 23.2 Å². The molecule has 2 N–H and O–H groups in total. The highest BCUT2D eigenvalue weighted by atomic mass is 35.5. The number of halogens is 2. The van der Waals surface area contributed by atoms with Crippen LogP contribution < -0.4 is 4.74 Å². The first-order valence-corrected chi connectivity index (χ1v) is 10.0. The Morgan fingerprint density at radius 1 is 1.07 bits per heavy atom. The van der Waals surface area contributed by atoms with Crippen molar-refractivity contribution in [1.82, 2.24) is 4.90 Å². The van der Waals surface area contributed by atoms with Crippen molar-refractivity contribution in [3.05, 3.63) is 63.6 Å². The van der Waals surface area contributed by atoms with E-state index >= 15 is 0 Å². The second-order valence-electron chi connectivity index (χ2n) is 7.56. The minimum atomic E-state index is -0.557. The number of benzene rings is 2. The Morgan fingerprint density at radius 2 is 1.74 bits per heavy atom. The molecule has 2 aliphatic rings. The van der Waals surface area contributed by atoms with Gasteiger partial charge >= 0.3 is 0 Å². The molecule has 2 aromatic carbocycles. The van der Waals surface area contributed by atoms with Gasteiger partial charge in [-0.05, 0) is 48.7 Å². The van der Waals surface area contributed by atoms with Crippen LogP contribution >= 0.6 is 23.2 Å².